The highest BCUT2D eigenvalue weighted by molar-refractivity contribution is 5.89. The lowest BCUT2D eigenvalue weighted by atomic mass is 10.1. The van der Waals surface area contributed by atoms with E-state index in [1.807, 2.05) is 6.92 Å². The zero-order valence-corrected chi connectivity index (χ0v) is 13.9. The molecule has 0 unspecified atom stereocenters. The third-order valence-corrected chi connectivity index (χ3v) is 3.51. The van der Waals surface area contributed by atoms with Crippen LogP contribution in [0.1, 0.15) is 23.0 Å². The van der Waals surface area contributed by atoms with E-state index in [1.54, 1.807) is 24.3 Å². The van der Waals surface area contributed by atoms with Gasteiger partial charge in [0, 0.05) is 12.1 Å². The van der Waals surface area contributed by atoms with Gasteiger partial charge in [-0.25, -0.2) is 13.6 Å². The smallest absolute Gasteiger partial charge is 0.338 e. The molecule has 1 aromatic heterocycles. The lowest BCUT2D eigenvalue weighted by Gasteiger charge is -2.05. The molecule has 0 aliphatic rings. The Morgan fingerprint density at radius 1 is 1.12 bits per heavy atom. The number of benzene rings is 2. The highest BCUT2D eigenvalue weighted by atomic mass is 19.1. The molecule has 5 nitrogen and oxygen atoms in total. The zero-order chi connectivity index (χ0) is 18.5. The first kappa shape index (κ1) is 17.6. The van der Waals surface area contributed by atoms with Crippen LogP contribution in [0, 0.1) is 11.6 Å². The van der Waals surface area contributed by atoms with Crippen LogP contribution in [0.3, 0.4) is 0 Å². The van der Waals surface area contributed by atoms with Crippen molar-refractivity contribution < 1.29 is 27.6 Å². The second-order valence-electron chi connectivity index (χ2n) is 5.34. The topological polar surface area (TPSA) is 61.6 Å². The standard InChI is InChI=1S/C19H15F2NO4/c1-2-24-15-6-3-12(4-7-15)19(23)25-11-14-10-18(26-22-14)16-8-5-13(20)9-17(16)21/h3-10H,2,11H2,1H3. The molecule has 2 aromatic carbocycles. The van der Waals surface area contributed by atoms with Gasteiger partial charge in [-0.1, -0.05) is 5.16 Å². The van der Waals surface area contributed by atoms with Crippen molar-refractivity contribution in [1.82, 2.24) is 5.16 Å². The van der Waals surface area contributed by atoms with E-state index in [-0.39, 0.29) is 17.9 Å². The van der Waals surface area contributed by atoms with Gasteiger partial charge in [-0.2, -0.15) is 0 Å². The summed E-state index contributed by atoms with van der Waals surface area (Å²) in [5.74, 6) is -1.21. The molecule has 26 heavy (non-hydrogen) atoms. The lowest BCUT2D eigenvalue weighted by Crippen LogP contribution is -2.05. The molecule has 3 aromatic rings. The molecule has 7 heteroatoms. The molecule has 1 heterocycles. The van der Waals surface area contributed by atoms with Crippen molar-refractivity contribution in [3.63, 3.8) is 0 Å². The Morgan fingerprint density at radius 3 is 2.58 bits per heavy atom. The van der Waals surface area contributed by atoms with Crippen LogP contribution in [-0.4, -0.2) is 17.7 Å². The molecule has 0 N–H and O–H groups in total. The zero-order valence-electron chi connectivity index (χ0n) is 13.9. The highest BCUT2D eigenvalue weighted by Crippen LogP contribution is 2.24. The van der Waals surface area contributed by atoms with Crippen molar-refractivity contribution >= 4 is 5.97 Å². The summed E-state index contributed by atoms with van der Waals surface area (Å²) >= 11 is 0. The van der Waals surface area contributed by atoms with Crippen molar-refractivity contribution in [2.45, 2.75) is 13.5 Å². The van der Waals surface area contributed by atoms with Gasteiger partial charge in [0.25, 0.3) is 0 Å². The molecule has 0 amide bonds. The predicted molar refractivity (Wildman–Crippen MR) is 88.6 cm³/mol. The maximum absolute atomic E-state index is 13.7. The molecule has 0 atom stereocenters. The molecule has 0 saturated heterocycles. The fourth-order valence-electron chi connectivity index (χ4n) is 2.27. The van der Waals surface area contributed by atoms with Gasteiger partial charge in [-0.3, -0.25) is 0 Å². The second-order valence-corrected chi connectivity index (χ2v) is 5.34. The van der Waals surface area contributed by atoms with Crippen molar-refractivity contribution in [3.8, 4) is 17.1 Å². The minimum Gasteiger partial charge on any atom is -0.494 e. The molecular weight excluding hydrogens is 344 g/mol. The van der Waals surface area contributed by atoms with E-state index < -0.39 is 17.6 Å². The van der Waals surface area contributed by atoms with E-state index >= 15 is 0 Å². The van der Waals surface area contributed by atoms with Gasteiger partial charge in [0.1, 0.15) is 29.7 Å². The summed E-state index contributed by atoms with van der Waals surface area (Å²) in [4.78, 5) is 12.0. The largest absolute Gasteiger partial charge is 0.494 e. The third-order valence-electron chi connectivity index (χ3n) is 3.51. The number of carbonyl (C=O) groups excluding carboxylic acids is 1. The highest BCUT2D eigenvalue weighted by Gasteiger charge is 2.14. The number of rotatable bonds is 6. The molecule has 0 saturated carbocycles. The van der Waals surface area contributed by atoms with E-state index in [9.17, 15) is 13.6 Å². The van der Waals surface area contributed by atoms with E-state index in [2.05, 4.69) is 5.16 Å². The molecule has 0 aliphatic carbocycles. The summed E-state index contributed by atoms with van der Waals surface area (Å²) < 4.78 is 42.2. The first-order chi connectivity index (χ1) is 12.6. The molecule has 134 valence electrons. The molecule has 0 bridgehead atoms. The first-order valence-electron chi connectivity index (χ1n) is 7.88. The Hall–Kier alpha value is -3.22. The fourth-order valence-corrected chi connectivity index (χ4v) is 2.27. The van der Waals surface area contributed by atoms with Crippen LogP contribution in [-0.2, 0) is 11.3 Å². The summed E-state index contributed by atoms with van der Waals surface area (Å²) in [7, 11) is 0. The van der Waals surface area contributed by atoms with E-state index in [4.69, 9.17) is 14.0 Å². The summed E-state index contributed by atoms with van der Waals surface area (Å²) in [5, 5.41) is 3.73. The second kappa shape index (κ2) is 7.77. The third kappa shape index (κ3) is 4.05. The number of halogens is 2. The Morgan fingerprint density at radius 2 is 1.88 bits per heavy atom. The van der Waals surface area contributed by atoms with Gasteiger partial charge in [-0.05, 0) is 43.3 Å². The quantitative estimate of drug-likeness (QED) is 0.612. The predicted octanol–water partition coefficient (Wildman–Crippen LogP) is 4.38. The Bertz CT molecular complexity index is 906. The van der Waals surface area contributed by atoms with Crippen molar-refractivity contribution in [1.29, 1.82) is 0 Å². The van der Waals surface area contributed by atoms with E-state index in [1.165, 1.54) is 12.1 Å². The van der Waals surface area contributed by atoms with Crippen molar-refractivity contribution in [2.24, 2.45) is 0 Å². The van der Waals surface area contributed by atoms with E-state index in [0.717, 1.165) is 12.1 Å². The summed E-state index contributed by atoms with van der Waals surface area (Å²) in [6.45, 7) is 2.26. The van der Waals surface area contributed by atoms with Crippen LogP contribution in [0.2, 0.25) is 0 Å². The molecule has 0 radical (unpaired) electrons. The normalized spacial score (nSPS) is 10.6. The maximum atomic E-state index is 13.7. The average Bonchev–Trinajstić information content (AvgIpc) is 3.09. The number of hydrogen-bond donors (Lipinski definition) is 0. The SMILES string of the molecule is CCOc1ccc(C(=O)OCc2cc(-c3ccc(F)cc3F)on2)cc1. The molecule has 0 spiro atoms. The molecule has 0 aliphatic heterocycles. The number of ether oxygens (including phenoxy) is 2. The summed E-state index contributed by atoms with van der Waals surface area (Å²) in [6.07, 6.45) is 0. The number of aromatic nitrogens is 1. The van der Waals surface area contributed by atoms with Crippen LogP contribution < -0.4 is 4.74 Å². The van der Waals surface area contributed by atoms with Crippen LogP contribution in [0.4, 0.5) is 8.78 Å². The Kier molecular flexibility index (Phi) is 5.26. The summed E-state index contributed by atoms with van der Waals surface area (Å²) in [5.41, 5.74) is 0.743. The van der Waals surface area contributed by atoms with Gasteiger partial charge in [0.2, 0.25) is 0 Å². The fraction of sp³-hybridized carbons (Fsp3) is 0.158. The molecule has 0 fully saturated rings. The van der Waals surface area contributed by atoms with Gasteiger partial charge in [0.05, 0.1) is 17.7 Å². The molecular formula is C19H15F2NO4. The van der Waals surface area contributed by atoms with Crippen molar-refractivity contribution in [3.05, 3.63) is 71.4 Å². The average molecular weight is 359 g/mol. The minimum absolute atomic E-state index is 0.0722. The van der Waals surface area contributed by atoms with E-state index in [0.29, 0.717) is 23.6 Å². The minimum atomic E-state index is -0.765. The number of nitrogens with zero attached hydrogens (tertiary/aromatic N) is 1. The number of hydrogen-bond acceptors (Lipinski definition) is 5. The van der Waals surface area contributed by atoms with Crippen LogP contribution in [0.25, 0.3) is 11.3 Å². The number of esters is 1. The molecule has 3 rings (SSSR count). The van der Waals surface area contributed by atoms with Gasteiger partial charge in [0.15, 0.2) is 5.76 Å². The van der Waals surface area contributed by atoms with Gasteiger partial charge < -0.3 is 14.0 Å². The number of carbonyl (C=O) groups is 1. The van der Waals surface area contributed by atoms with Gasteiger partial charge in [-0.15, -0.1) is 0 Å². The van der Waals surface area contributed by atoms with Crippen LogP contribution >= 0.6 is 0 Å². The Balaban J connectivity index is 1.63. The van der Waals surface area contributed by atoms with Crippen molar-refractivity contribution in [2.75, 3.05) is 6.61 Å². The monoisotopic (exact) mass is 359 g/mol. The lowest BCUT2D eigenvalue weighted by molar-refractivity contribution is 0.0464. The maximum Gasteiger partial charge on any atom is 0.338 e. The Labute approximate surface area is 148 Å². The van der Waals surface area contributed by atoms with Crippen LogP contribution in [0.15, 0.2) is 53.1 Å². The summed E-state index contributed by atoms with van der Waals surface area (Å²) in [6, 6.07) is 11.1. The van der Waals surface area contributed by atoms with Crippen LogP contribution in [0.5, 0.6) is 5.75 Å². The first-order valence-corrected chi connectivity index (χ1v) is 7.88. The van der Waals surface area contributed by atoms with Gasteiger partial charge >= 0.3 is 5.97 Å².